The zero-order valence-corrected chi connectivity index (χ0v) is 24.3. The lowest BCUT2D eigenvalue weighted by atomic mass is 9.88. The Bertz CT molecular complexity index is 2770. The topological polar surface area (TPSA) is 13.1 Å². The fourth-order valence-electron chi connectivity index (χ4n) is 8.11. The average Bonchev–Trinajstić information content (AvgIpc) is 3.46. The standard InChI is InChI=1S/C44H24O/c1-5-25-13-15-27-7-3-11-33-35(23-31(9-1)41(25)43(27)33)29-17-19-39-37(21-29)38-22-30(18-20-40(38)45-39)36-24-32-10-2-6-26-14-16-28-8-4-12-34(36)44(28)42(26)32/h1-24H. The van der Waals surface area contributed by atoms with Crippen molar-refractivity contribution in [3.8, 4) is 22.3 Å². The first-order valence-corrected chi connectivity index (χ1v) is 15.6. The first-order valence-electron chi connectivity index (χ1n) is 15.6. The van der Waals surface area contributed by atoms with Crippen LogP contribution in [0, 0.1) is 0 Å². The van der Waals surface area contributed by atoms with Crippen LogP contribution in [0.1, 0.15) is 0 Å². The molecule has 1 nitrogen and oxygen atoms in total. The van der Waals surface area contributed by atoms with Crippen molar-refractivity contribution in [2.75, 3.05) is 0 Å². The second-order valence-corrected chi connectivity index (χ2v) is 12.5. The number of hydrogen-bond donors (Lipinski definition) is 0. The summed E-state index contributed by atoms with van der Waals surface area (Å²) in [6, 6.07) is 53.7. The third-order valence-corrected chi connectivity index (χ3v) is 10.1. The summed E-state index contributed by atoms with van der Waals surface area (Å²) in [5, 5.41) is 18.0. The maximum Gasteiger partial charge on any atom is 0.135 e. The molecule has 0 amide bonds. The van der Waals surface area contributed by atoms with Gasteiger partial charge >= 0.3 is 0 Å². The van der Waals surface area contributed by atoms with Crippen molar-refractivity contribution in [3.05, 3.63) is 146 Å². The lowest BCUT2D eigenvalue weighted by Crippen LogP contribution is -1.88. The van der Waals surface area contributed by atoms with Gasteiger partial charge in [-0.05, 0) is 123 Å². The summed E-state index contributed by atoms with van der Waals surface area (Å²) in [6.07, 6.45) is 0. The molecule has 0 spiro atoms. The lowest BCUT2D eigenvalue weighted by molar-refractivity contribution is 0.669. The summed E-state index contributed by atoms with van der Waals surface area (Å²) in [4.78, 5) is 0. The van der Waals surface area contributed by atoms with E-state index >= 15 is 0 Å². The molecule has 0 aliphatic heterocycles. The van der Waals surface area contributed by atoms with Gasteiger partial charge in [0.2, 0.25) is 0 Å². The fraction of sp³-hybridized carbons (Fsp3) is 0. The van der Waals surface area contributed by atoms with E-state index in [4.69, 9.17) is 4.42 Å². The SMILES string of the molecule is c1cc2ccc3cccc4c(-c5ccc6oc7ccc(-c8cc9cccc%10ccc%11cccc8c%11c%109)cc7c6c5)cc(c1)c2c34. The van der Waals surface area contributed by atoms with Gasteiger partial charge in [-0.15, -0.1) is 0 Å². The third-order valence-electron chi connectivity index (χ3n) is 10.1. The maximum absolute atomic E-state index is 6.42. The summed E-state index contributed by atoms with van der Waals surface area (Å²) < 4.78 is 6.42. The monoisotopic (exact) mass is 568 g/mol. The smallest absolute Gasteiger partial charge is 0.135 e. The predicted molar refractivity (Wildman–Crippen MR) is 192 cm³/mol. The van der Waals surface area contributed by atoms with E-state index < -0.39 is 0 Å². The van der Waals surface area contributed by atoms with E-state index in [0.717, 1.165) is 21.9 Å². The van der Waals surface area contributed by atoms with Crippen LogP contribution in [0.4, 0.5) is 0 Å². The molecule has 10 aromatic carbocycles. The first-order chi connectivity index (χ1) is 22.3. The predicted octanol–water partition coefficient (Wildman–Crippen LogP) is 12.7. The highest BCUT2D eigenvalue weighted by Crippen LogP contribution is 2.44. The van der Waals surface area contributed by atoms with Crippen LogP contribution in [0.5, 0.6) is 0 Å². The van der Waals surface area contributed by atoms with Gasteiger partial charge in [-0.1, -0.05) is 109 Å². The molecule has 11 aromatic rings. The molecule has 0 aliphatic carbocycles. The molecule has 0 bridgehead atoms. The normalized spacial score (nSPS) is 12.4. The Morgan fingerprint density at radius 2 is 0.689 bits per heavy atom. The Morgan fingerprint density at radius 1 is 0.289 bits per heavy atom. The Labute approximate surface area is 258 Å². The van der Waals surface area contributed by atoms with Gasteiger partial charge in [0.05, 0.1) is 0 Å². The van der Waals surface area contributed by atoms with Gasteiger partial charge in [0.1, 0.15) is 11.2 Å². The van der Waals surface area contributed by atoms with Crippen molar-refractivity contribution in [3.63, 3.8) is 0 Å². The van der Waals surface area contributed by atoms with Crippen LogP contribution in [-0.2, 0) is 0 Å². The van der Waals surface area contributed by atoms with Gasteiger partial charge in [-0.2, -0.15) is 0 Å². The molecule has 0 fully saturated rings. The molecule has 1 aromatic heterocycles. The van der Waals surface area contributed by atoms with Gasteiger partial charge in [0.25, 0.3) is 0 Å². The highest BCUT2D eigenvalue weighted by Gasteiger charge is 2.17. The largest absolute Gasteiger partial charge is 0.456 e. The Hall–Kier alpha value is -5.92. The Balaban J connectivity index is 1.17. The van der Waals surface area contributed by atoms with Crippen LogP contribution in [0.2, 0.25) is 0 Å². The molecule has 0 N–H and O–H groups in total. The summed E-state index contributed by atoms with van der Waals surface area (Å²) in [5.74, 6) is 0. The van der Waals surface area contributed by atoms with Gasteiger partial charge in [0, 0.05) is 10.8 Å². The molecule has 0 unspecified atom stereocenters. The van der Waals surface area contributed by atoms with Gasteiger partial charge in [-0.3, -0.25) is 0 Å². The summed E-state index contributed by atoms with van der Waals surface area (Å²) >= 11 is 0. The molecular weight excluding hydrogens is 544 g/mol. The molecule has 0 aliphatic rings. The van der Waals surface area contributed by atoms with E-state index in [0.29, 0.717) is 0 Å². The molecule has 11 rings (SSSR count). The summed E-state index contributed by atoms with van der Waals surface area (Å²) in [5.41, 5.74) is 6.75. The lowest BCUT2D eigenvalue weighted by Gasteiger charge is -2.15. The van der Waals surface area contributed by atoms with Crippen LogP contribution in [0.25, 0.3) is 109 Å². The van der Waals surface area contributed by atoms with Crippen LogP contribution >= 0.6 is 0 Å². The molecule has 0 atom stereocenters. The number of rotatable bonds is 2. The van der Waals surface area contributed by atoms with Crippen LogP contribution in [0.15, 0.2) is 150 Å². The summed E-state index contributed by atoms with van der Waals surface area (Å²) in [7, 11) is 0. The molecular formula is C44H24O. The van der Waals surface area contributed by atoms with Gasteiger partial charge < -0.3 is 4.42 Å². The molecule has 1 heterocycles. The average molecular weight is 569 g/mol. The first kappa shape index (κ1) is 23.5. The minimum atomic E-state index is 0.915. The van der Waals surface area contributed by atoms with Gasteiger partial charge in [-0.25, -0.2) is 0 Å². The number of hydrogen-bond acceptors (Lipinski definition) is 1. The van der Waals surface area contributed by atoms with Gasteiger partial charge in [0.15, 0.2) is 0 Å². The molecule has 45 heavy (non-hydrogen) atoms. The van der Waals surface area contributed by atoms with Crippen molar-refractivity contribution in [1.29, 1.82) is 0 Å². The van der Waals surface area contributed by atoms with Crippen LogP contribution < -0.4 is 0 Å². The third kappa shape index (κ3) is 3.12. The quantitative estimate of drug-likeness (QED) is 0.189. The van der Waals surface area contributed by atoms with Crippen molar-refractivity contribution in [1.82, 2.24) is 0 Å². The minimum Gasteiger partial charge on any atom is -0.456 e. The number of furan rings is 1. The molecule has 0 saturated heterocycles. The van der Waals surface area contributed by atoms with Crippen molar-refractivity contribution in [2.24, 2.45) is 0 Å². The van der Waals surface area contributed by atoms with Crippen molar-refractivity contribution < 1.29 is 4.42 Å². The van der Waals surface area contributed by atoms with E-state index in [1.807, 2.05) is 0 Å². The second-order valence-electron chi connectivity index (χ2n) is 12.5. The highest BCUT2D eigenvalue weighted by atomic mass is 16.3. The van der Waals surface area contributed by atoms with Crippen molar-refractivity contribution in [2.45, 2.75) is 0 Å². The zero-order valence-electron chi connectivity index (χ0n) is 24.3. The molecule has 1 heteroatoms. The zero-order chi connectivity index (χ0) is 29.2. The maximum atomic E-state index is 6.42. The Kier molecular flexibility index (Phi) is 4.38. The molecule has 0 radical (unpaired) electrons. The van der Waals surface area contributed by atoms with Crippen LogP contribution in [0.3, 0.4) is 0 Å². The van der Waals surface area contributed by atoms with E-state index in [-0.39, 0.29) is 0 Å². The second kappa shape index (κ2) is 8.37. The number of benzene rings is 10. The highest BCUT2D eigenvalue weighted by molar-refractivity contribution is 6.28. The van der Waals surface area contributed by atoms with E-state index in [2.05, 4.69) is 146 Å². The van der Waals surface area contributed by atoms with Crippen LogP contribution in [-0.4, -0.2) is 0 Å². The number of fused-ring (bicyclic) bond motifs is 3. The fourth-order valence-corrected chi connectivity index (χ4v) is 8.11. The molecule has 0 saturated carbocycles. The van der Waals surface area contributed by atoms with E-state index in [9.17, 15) is 0 Å². The van der Waals surface area contributed by atoms with E-state index in [1.165, 1.54) is 86.9 Å². The van der Waals surface area contributed by atoms with Crippen molar-refractivity contribution >= 4 is 86.6 Å². The molecule has 206 valence electrons. The summed E-state index contributed by atoms with van der Waals surface area (Å²) in [6.45, 7) is 0. The minimum absolute atomic E-state index is 0.915. The van der Waals surface area contributed by atoms with E-state index in [1.54, 1.807) is 0 Å². The Morgan fingerprint density at radius 3 is 1.16 bits per heavy atom.